The number of benzene rings is 2. The normalized spacial score (nSPS) is 16.1. The first-order valence-corrected chi connectivity index (χ1v) is 11.2. The monoisotopic (exact) mass is 481 g/mol. The van der Waals surface area contributed by atoms with E-state index >= 15 is 0 Å². The average molecular weight is 481 g/mol. The maximum Gasteiger partial charge on any atom is 0.314 e. The molecule has 0 bridgehead atoms. The van der Waals surface area contributed by atoms with Gasteiger partial charge in [-0.25, -0.2) is 4.39 Å². The van der Waals surface area contributed by atoms with Gasteiger partial charge in [-0.3, -0.25) is 19.8 Å². The molecule has 10 nitrogen and oxygen atoms in total. The Morgan fingerprint density at radius 3 is 2.57 bits per heavy atom. The molecule has 1 saturated heterocycles. The first kappa shape index (κ1) is 22.7. The Kier molecular flexibility index (Phi) is 6.49. The van der Waals surface area contributed by atoms with Crippen LogP contribution in [0.3, 0.4) is 0 Å². The molecule has 182 valence electrons. The van der Waals surface area contributed by atoms with Crippen LogP contribution in [-0.2, 0) is 9.59 Å². The molecular formula is C24H24FN5O5. The van der Waals surface area contributed by atoms with Gasteiger partial charge in [-0.05, 0) is 29.8 Å². The summed E-state index contributed by atoms with van der Waals surface area (Å²) in [6, 6.07) is 13.6. The third-order valence-corrected chi connectivity index (χ3v) is 6.07. The summed E-state index contributed by atoms with van der Waals surface area (Å²) in [5, 5.41) is 8.67. The van der Waals surface area contributed by atoms with E-state index in [1.54, 1.807) is 12.1 Å². The molecule has 2 aromatic carbocycles. The van der Waals surface area contributed by atoms with Crippen LogP contribution in [0.2, 0.25) is 0 Å². The van der Waals surface area contributed by atoms with E-state index in [1.807, 2.05) is 29.2 Å². The number of para-hydroxylation sites is 1. The fourth-order valence-corrected chi connectivity index (χ4v) is 4.28. The summed E-state index contributed by atoms with van der Waals surface area (Å²) in [6.45, 7) is 2.84. The van der Waals surface area contributed by atoms with Crippen molar-refractivity contribution >= 4 is 23.3 Å². The zero-order valence-corrected chi connectivity index (χ0v) is 18.8. The molecule has 0 spiro atoms. The average Bonchev–Trinajstić information content (AvgIpc) is 3.56. The van der Waals surface area contributed by atoms with Gasteiger partial charge in [0, 0.05) is 38.8 Å². The van der Waals surface area contributed by atoms with Gasteiger partial charge in [-0.1, -0.05) is 23.4 Å². The minimum atomic E-state index is -0.840. The third kappa shape index (κ3) is 5.04. The molecule has 0 aliphatic carbocycles. The van der Waals surface area contributed by atoms with Gasteiger partial charge >= 0.3 is 11.8 Å². The lowest BCUT2D eigenvalue weighted by atomic mass is 10.0. The van der Waals surface area contributed by atoms with Gasteiger partial charge in [0.25, 0.3) is 0 Å². The number of halogens is 1. The largest absolute Gasteiger partial charge is 0.454 e. The molecule has 3 heterocycles. The molecule has 2 aliphatic rings. The van der Waals surface area contributed by atoms with E-state index < -0.39 is 11.8 Å². The molecular weight excluding hydrogens is 457 g/mol. The minimum absolute atomic E-state index is 0.154. The fraction of sp³-hybridized carbons (Fsp3) is 0.292. The SMILES string of the molecule is O=C(NC[C@@H](c1ccc2c(c1)OCO2)N1CCN(c2ccccc2F)CC1)C(=O)Nc1ccon1. The summed E-state index contributed by atoms with van der Waals surface area (Å²) < 4.78 is 29.9. The van der Waals surface area contributed by atoms with Gasteiger partial charge in [-0.2, -0.15) is 0 Å². The Hall–Kier alpha value is -4.12. The van der Waals surface area contributed by atoms with Crippen molar-refractivity contribution in [2.45, 2.75) is 6.04 Å². The summed E-state index contributed by atoms with van der Waals surface area (Å²) in [4.78, 5) is 28.9. The van der Waals surface area contributed by atoms with Crippen LogP contribution < -0.4 is 25.0 Å². The van der Waals surface area contributed by atoms with Crippen molar-refractivity contribution in [3.63, 3.8) is 0 Å². The molecule has 2 amide bonds. The topological polar surface area (TPSA) is 109 Å². The highest BCUT2D eigenvalue weighted by Crippen LogP contribution is 2.36. The zero-order chi connectivity index (χ0) is 24.2. The molecule has 11 heteroatoms. The van der Waals surface area contributed by atoms with E-state index in [9.17, 15) is 14.0 Å². The smallest absolute Gasteiger partial charge is 0.314 e. The first-order chi connectivity index (χ1) is 17.1. The number of anilines is 2. The molecule has 1 atom stereocenters. The van der Waals surface area contributed by atoms with Crippen molar-refractivity contribution in [2.75, 3.05) is 49.7 Å². The summed E-state index contributed by atoms with van der Waals surface area (Å²) in [5.41, 5.74) is 1.48. The number of carbonyl (C=O) groups is 2. The van der Waals surface area contributed by atoms with E-state index in [0.717, 1.165) is 5.56 Å². The van der Waals surface area contributed by atoms with Gasteiger partial charge in [0.05, 0.1) is 11.7 Å². The Morgan fingerprint density at radius 2 is 1.80 bits per heavy atom. The molecule has 35 heavy (non-hydrogen) atoms. The van der Waals surface area contributed by atoms with Crippen molar-refractivity contribution in [3.05, 3.63) is 66.2 Å². The summed E-state index contributed by atoms with van der Waals surface area (Å²) in [7, 11) is 0. The van der Waals surface area contributed by atoms with Crippen LogP contribution in [-0.4, -0.2) is 61.4 Å². The highest BCUT2D eigenvalue weighted by Gasteiger charge is 2.29. The molecule has 0 saturated carbocycles. The second-order valence-corrected chi connectivity index (χ2v) is 8.15. The van der Waals surface area contributed by atoms with Crippen LogP contribution in [0, 0.1) is 5.82 Å². The van der Waals surface area contributed by atoms with Crippen LogP contribution in [0.1, 0.15) is 11.6 Å². The van der Waals surface area contributed by atoms with E-state index in [1.165, 1.54) is 18.4 Å². The lowest BCUT2D eigenvalue weighted by Gasteiger charge is -2.40. The Balaban J connectivity index is 1.29. The predicted octanol–water partition coefficient (Wildman–Crippen LogP) is 2.16. The van der Waals surface area contributed by atoms with Crippen LogP contribution in [0.4, 0.5) is 15.9 Å². The molecule has 2 N–H and O–H groups in total. The highest BCUT2D eigenvalue weighted by molar-refractivity contribution is 6.39. The number of aromatic nitrogens is 1. The second kappa shape index (κ2) is 10.0. The maximum atomic E-state index is 14.3. The van der Waals surface area contributed by atoms with E-state index in [-0.39, 0.29) is 31.0 Å². The summed E-state index contributed by atoms with van der Waals surface area (Å²) in [6.07, 6.45) is 1.30. The number of rotatable bonds is 6. The number of amides is 2. The number of piperazine rings is 1. The molecule has 3 aromatic rings. The summed E-state index contributed by atoms with van der Waals surface area (Å²) >= 11 is 0. The number of hydrogen-bond donors (Lipinski definition) is 2. The molecule has 1 aromatic heterocycles. The number of nitrogens with zero attached hydrogens (tertiary/aromatic N) is 3. The molecule has 0 unspecified atom stereocenters. The number of hydrogen-bond acceptors (Lipinski definition) is 8. The van der Waals surface area contributed by atoms with Crippen molar-refractivity contribution in [1.82, 2.24) is 15.4 Å². The van der Waals surface area contributed by atoms with Crippen LogP contribution in [0.5, 0.6) is 11.5 Å². The lowest BCUT2D eigenvalue weighted by Crippen LogP contribution is -2.50. The zero-order valence-electron chi connectivity index (χ0n) is 18.8. The van der Waals surface area contributed by atoms with E-state index in [2.05, 4.69) is 25.2 Å². The highest BCUT2D eigenvalue weighted by atomic mass is 19.1. The van der Waals surface area contributed by atoms with Crippen LogP contribution in [0.25, 0.3) is 0 Å². The quantitative estimate of drug-likeness (QED) is 0.516. The Morgan fingerprint density at radius 1 is 1.00 bits per heavy atom. The lowest BCUT2D eigenvalue weighted by molar-refractivity contribution is -0.136. The fourth-order valence-electron chi connectivity index (χ4n) is 4.28. The number of nitrogens with one attached hydrogen (secondary N) is 2. The van der Waals surface area contributed by atoms with Crippen LogP contribution in [0.15, 0.2) is 59.3 Å². The van der Waals surface area contributed by atoms with Gasteiger partial charge < -0.3 is 24.2 Å². The van der Waals surface area contributed by atoms with Crippen molar-refractivity contribution in [3.8, 4) is 11.5 Å². The number of ether oxygens (including phenoxy) is 2. The van der Waals surface area contributed by atoms with E-state index in [4.69, 9.17) is 9.47 Å². The Bertz CT molecular complexity index is 1200. The van der Waals surface area contributed by atoms with Crippen molar-refractivity contribution < 1.29 is 28.0 Å². The third-order valence-electron chi connectivity index (χ3n) is 6.07. The van der Waals surface area contributed by atoms with Gasteiger partial charge in [0.1, 0.15) is 12.1 Å². The molecule has 2 aliphatic heterocycles. The van der Waals surface area contributed by atoms with E-state index in [0.29, 0.717) is 43.4 Å². The molecule has 1 fully saturated rings. The van der Waals surface area contributed by atoms with Crippen molar-refractivity contribution in [1.29, 1.82) is 0 Å². The predicted molar refractivity (Wildman–Crippen MR) is 124 cm³/mol. The van der Waals surface area contributed by atoms with Crippen molar-refractivity contribution in [2.24, 2.45) is 0 Å². The second-order valence-electron chi connectivity index (χ2n) is 8.15. The first-order valence-electron chi connectivity index (χ1n) is 11.2. The standard InChI is InChI=1S/C24H24FN5O5/c25-17-3-1-2-4-18(17)29-8-10-30(11-9-29)19(16-5-6-20-21(13-16)34-15-33-20)14-26-23(31)24(32)27-22-7-12-35-28-22/h1-7,12-13,19H,8-11,14-15H2,(H,26,31)(H,27,28,32)/t19-/m0/s1. The van der Waals surface area contributed by atoms with Gasteiger partial charge in [0.2, 0.25) is 6.79 Å². The molecule has 5 rings (SSSR count). The van der Waals surface area contributed by atoms with Gasteiger partial charge in [0.15, 0.2) is 17.3 Å². The number of carbonyl (C=O) groups excluding carboxylic acids is 2. The Labute approximate surface area is 200 Å². The number of fused-ring (bicyclic) bond motifs is 1. The van der Waals surface area contributed by atoms with Crippen LogP contribution >= 0.6 is 0 Å². The minimum Gasteiger partial charge on any atom is -0.454 e. The van der Waals surface area contributed by atoms with Gasteiger partial charge in [-0.15, -0.1) is 0 Å². The maximum absolute atomic E-state index is 14.3. The molecule has 0 radical (unpaired) electrons. The summed E-state index contributed by atoms with van der Waals surface area (Å²) in [5.74, 6) is -0.433.